The normalized spacial score (nSPS) is 10.8. The van der Waals surface area contributed by atoms with Crippen LogP contribution in [-0.4, -0.2) is 36.1 Å². The molecule has 0 aromatic heterocycles. The van der Waals surface area contributed by atoms with Gasteiger partial charge in [0, 0.05) is 10.0 Å². The third kappa shape index (κ3) is 4.94. The SMILES string of the molecule is CN(CCCc1c(Cl)cccc1Cl)CC(=O)O. The van der Waals surface area contributed by atoms with E-state index in [2.05, 4.69) is 0 Å². The molecule has 94 valence electrons. The lowest BCUT2D eigenvalue weighted by Gasteiger charge is -2.14. The maximum Gasteiger partial charge on any atom is 0.317 e. The Morgan fingerprint density at radius 3 is 2.47 bits per heavy atom. The standard InChI is InChI=1S/C12H15Cl2NO2/c1-15(8-12(16)17)7-3-4-9-10(13)5-2-6-11(9)14/h2,5-6H,3-4,7-8H2,1H3,(H,16,17). The van der Waals surface area contributed by atoms with Gasteiger partial charge in [0.25, 0.3) is 0 Å². The first-order valence-electron chi connectivity index (χ1n) is 5.34. The van der Waals surface area contributed by atoms with E-state index in [-0.39, 0.29) is 6.54 Å². The van der Waals surface area contributed by atoms with E-state index >= 15 is 0 Å². The van der Waals surface area contributed by atoms with E-state index in [9.17, 15) is 4.79 Å². The van der Waals surface area contributed by atoms with Crippen LogP contribution in [0.25, 0.3) is 0 Å². The van der Waals surface area contributed by atoms with Crippen LogP contribution in [0.4, 0.5) is 0 Å². The molecule has 1 aromatic rings. The lowest BCUT2D eigenvalue weighted by molar-refractivity contribution is -0.137. The lowest BCUT2D eigenvalue weighted by atomic mass is 10.1. The fourth-order valence-corrected chi connectivity index (χ4v) is 2.19. The van der Waals surface area contributed by atoms with Crippen molar-refractivity contribution in [1.29, 1.82) is 0 Å². The average molecular weight is 276 g/mol. The van der Waals surface area contributed by atoms with Gasteiger partial charge in [-0.1, -0.05) is 29.3 Å². The van der Waals surface area contributed by atoms with Crippen molar-refractivity contribution in [3.05, 3.63) is 33.8 Å². The molecule has 0 aliphatic rings. The maximum atomic E-state index is 10.5. The number of nitrogens with zero attached hydrogens (tertiary/aromatic N) is 1. The van der Waals surface area contributed by atoms with Crippen molar-refractivity contribution < 1.29 is 9.90 Å². The Morgan fingerprint density at radius 2 is 1.94 bits per heavy atom. The van der Waals surface area contributed by atoms with Crippen LogP contribution in [-0.2, 0) is 11.2 Å². The molecule has 1 N–H and O–H groups in total. The van der Waals surface area contributed by atoms with Gasteiger partial charge in [0.2, 0.25) is 0 Å². The summed E-state index contributed by atoms with van der Waals surface area (Å²) >= 11 is 12.1. The molecule has 17 heavy (non-hydrogen) atoms. The van der Waals surface area contributed by atoms with E-state index in [1.165, 1.54) is 0 Å². The highest BCUT2D eigenvalue weighted by Gasteiger charge is 2.07. The minimum atomic E-state index is -0.816. The number of carbonyl (C=O) groups is 1. The number of hydrogen-bond donors (Lipinski definition) is 1. The van der Waals surface area contributed by atoms with Crippen molar-refractivity contribution in [2.45, 2.75) is 12.8 Å². The molecule has 1 rings (SSSR count). The predicted molar refractivity (Wildman–Crippen MR) is 69.9 cm³/mol. The number of benzene rings is 1. The average Bonchev–Trinajstić information content (AvgIpc) is 2.21. The van der Waals surface area contributed by atoms with Crippen LogP contribution in [0.2, 0.25) is 10.0 Å². The van der Waals surface area contributed by atoms with Crippen LogP contribution in [0.15, 0.2) is 18.2 Å². The smallest absolute Gasteiger partial charge is 0.317 e. The van der Waals surface area contributed by atoms with Crippen LogP contribution in [0.1, 0.15) is 12.0 Å². The van der Waals surface area contributed by atoms with Gasteiger partial charge in [-0.15, -0.1) is 0 Å². The minimum absolute atomic E-state index is 0.0518. The Hall–Kier alpha value is -0.770. The van der Waals surface area contributed by atoms with E-state index in [4.69, 9.17) is 28.3 Å². The molecule has 0 fully saturated rings. The quantitative estimate of drug-likeness (QED) is 0.868. The summed E-state index contributed by atoms with van der Waals surface area (Å²) in [6.07, 6.45) is 1.58. The van der Waals surface area contributed by atoms with Gasteiger partial charge < -0.3 is 5.11 Å². The highest BCUT2D eigenvalue weighted by molar-refractivity contribution is 6.35. The first-order valence-corrected chi connectivity index (χ1v) is 6.09. The molecule has 0 aliphatic carbocycles. The molecule has 0 radical (unpaired) electrons. The number of rotatable bonds is 6. The highest BCUT2D eigenvalue weighted by Crippen LogP contribution is 2.25. The van der Waals surface area contributed by atoms with Crippen LogP contribution in [0.3, 0.4) is 0 Å². The number of halogens is 2. The van der Waals surface area contributed by atoms with Gasteiger partial charge >= 0.3 is 5.97 Å². The first kappa shape index (κ1) is 14.3. The van der Waals surface area contributed by atoms with Crippen LogP contribution in [0.5, 0.6) is 0 Å². The lowest BCUT2D eigenvalue weighted by Crippen LogP contribution is -2.26. The molecule has 0 heterocycles. The number of carboxylic acids is 1. The van der Waals surface area contributed by atoms with E-state index in [1.54, 1.807) is 11.9 Å². The number of likely N-dealkylation sites (N-methyl/N-ethyl adjacent to an activating group) is 1. The molecular formula is C12H15Cl2NO2. The van der Waals surface area contributed by atoms with Gasteiger partial charge in [0.1, 0.15) is 0 Å². The number of aliphatic carboxylic acids is 1. The van der Waals surface area contributed by atoms with Crippen molar-refractivity contribution in [3.8, 4) is 0 Å². The van der Waals surface area contributed by atoms with Gasteiger partial charge in [-0.05, 0) is 44.1 Å². The summed E-state index contributed by atoms with van der Waals surface area (Å²) < 4.78 is 0. The molecule has 0 unspecified atom stereocenters. The molecule has 3 nitrogen and oxygen atoms in total. The van der Waals surface area contributed by atoms with E-state index in [1.807, 2.05) is 18.2 Å². The number of hydrogen-bond acceptors (Lipinski definition) is 2. The number of carboxylic acid groups (broad SMARTS) is 1. The molecule has 1 aromatic carbocycles. The summed E-state index contributed by atoms with van der Waals surface area (Å²) in [5.74, 6) is -0.816. The van der Waals surface area contributed by atoms with Crippen LogP contribution >= 0.6 is 23.2 Å². The summed E-state index contributed by atoms with van der Waals surface area (Å²) in [6.45, 7) is 0.754. The second kappa shape index (κ2) is 6.84. The Kier molecular flexibility index (Phi) is 5.75. The summed E-state index contributed by atoms with van der Waals surface area (Å²) in [6, 6.07) is 5.43. The molecule has 0 saturated heterocycles. The van der Waals surface area contributed by atoms with Gasteiger partial charge in [0.15, 0.2) is 0 Å². The molecule has 5 heteroatoms. The van der Waals surface area contributed by atoms with Crippen molar-refractivity contribution in [1.82, 2.24) is 4.90 Å². The Morgan fingerprint density at radius 1 is 1.35 bits per heavy atom. The van der Waals surface area contributed by atoms with Gasteiger partial charge in [-0.25, -0.2) is 0 Å². The zero-order valence-corrected chi connectivity index (χ0v) is 11.1. The highest BCUT2D eigenvalue weighted by atomic mass is 35.5. The van der Waals surface area contributed by atoms with Crippen molar-refractivity contribution >= 4 is 29.2 Å². The Labute approximate surface area is 111 Å². The summed E-state index contributed by atoms with van der Waals surface area (Å²) in [5.41, 5.74) is 0.930. The summed E-state index contributed by atoms with van der Waals surface area (Å²) in [7, 11) is 1.78. The summed E-state index contributed by atoms with van der Waals surface area (Å²) in [5, 5.41) is 9.93. The first-order chi connectivity index (χ1) is 8.00. The van der Waals surface area contributed by atoms with E-state index in [0.717, 1.165) is 18.4 Å². The predicted octanol–water partition coefficient (Wildman–Crippen LogP) is 2.94. The zero-order valence-electron chi connectivity index (χ0n) is 9.62. The van der Waals surface area contributed by atoms with Crippen LogP contribution < -0.4 is 0 Å². The third-order valence-electron chi connectivity index (χ3n) is 2.43. The molecule has 0 saturated carbocycles. The Bertz CT molecular complexity index is 376. The van der Waals surface area contributed by atoms with E-state index in [0.29, 0.717) is 16.6 Å². The second-order valence-electron chi connectivity index (χ2n) is 3.94. The molecule has 0 aliphatic heterocycles. The van der Waals surface area contributed by atoms with Crippen molar-refractivity contribution in [3.63, 3.8) is 0 Å². The third-order valence-corrected chi connectivity index (χ3v) is 3.14. The molecule has 0 spiro atoms. The maximum absolute atomic E-state index is 10.5. The summed E-state index contributed by atoms with van der Waals surface area (Å²) in [4.78, 5) is 12.2. The largest absolute Gasteiger partial charge is 0.480 e. The second-order valence-corrected chi connectivity index (χ2v) is 4.75. The minimum Gasteiger partial charge on any atom is -0.480 e. The fraction of sp³-hybridized carbons (Fsp3) is 0.417. The molecule has 0 amide bonds. The topological polar surface area (TPSA) is 40.5 Å². The van der Waals surface area contributed by atoms with Crippen molar-refractivity contribution in [2.24, 2.45) is 0 Å². The van der Waals surface area contributed by atoms with Gasteiger partial charge in [0.05, 0.1) is 6.54 Å². The van der Waals surface area contributed by atoms with Gasteiger partial charge in [-0.3, -0.25) is 9.69 Å². The van der Waals surface area contributed by atoms with E-state index < -0.39 is 5.97 Å². The van der Waals surface area contributed by atoms with Crippen LogP contribution in [0, 0.1) is 0 Å². The molecule has 0 atom stereocenters. The fourth-order valence-electron chi connectivity index (χ4n) is 1.61. The van der Waals surface area contributed by atoms with Gasteiger partial charge in [-0.2, -0.15) is 0 Å². The zero-order chi connectivity index (χ0) is 12.8. The molecular weight excluding hydrogens is 261 g/mol. The monoisotopic (exact) mass is 275 g/mol. The molecule has 0 bridgehead atoms. The van der Waals surface area contributed by atoms with Crippen molar-refractivity contribution in [2.75, 3.05) is 20.1 Å². The Balaban J connectivity index is 2.43.